The summed E-state index contributed by atoms with van der Waals surface area (Å²) in [7, 11) is 0. The van der Waals surface area contributed by atoms with Gasteiger partial charge in [0.2, 0.25) is 0 Å². The molecule has 0 bridgehead atoms. The zero-order chi connectivity index (χ0) is 14.4. The fourth-order valence-corrected chi connectivity index (χ4v) is 1.97. The molecule has 1 heterocycles. The third-order valence-corrected chi connectivity index (χ3v) is 3.46. The van der Waals surface area contributed by atoms with E-state index in [4.69, 9.17) is 27.9 Å². The number of aromatic nitrogens is 1. The second kappa shape index (κ2) is 7.36. The van der Waals surface area contributed by atoms with E-state index in [1.54, 1.807) is 24.4 Å². The highest BCUT2D eigenvalue weighted by atomic mass is 35.5. The van der Waals surface area contributed by atoms with Crippen molar-refractivity contribution in [2.24, 2.45) is 0 Å². The summed E-state index contributed by atoms with van der Waals surface area (Å²) in [4.78, 5) is 4.32. The Morgan fingerprint density at radius 2 is 2.05 bits per heavy atom. The van der Waals surface area contributed by atoms with Gasteiger partial charge in [-0.1, -0.05) is 36.2 Å². The molecular weight excluding hydrogens is 295 g/mol. The quantitative estimate of drug-likeness (QED) is 0.833. The molecule has 0 aliphatic carbocycles. The summed E-state index contributed by atoms with van der Waals surface area (Å²) < 4.78 is 5.73. The van der Waals surface area contributed by atoms with Gasteiger partial charge in [0.1, 0.15) is 18.2 Å². The molecule has 0 saturated carbocycles. The molecule has 0 aliphatic rings. The first-order chi connectivity index (χ1) is 9.70. The van der Waals surface area contributed by atoms with Crippen LogP contribution in [0.4, 0.5) is 5.82 Å². The van der Waals surface area contributed by atoms with Gasteiger partial charge in [-0.15, -0.1) is 0 Å². The minimum Gasteiger partial charge on any atom is -0.489 e. The van der Waals surface area contributed by atoms with E-state index in [0.29, 0.717) is 22.4 Å². The topological polar surface area (TPSA) is 34.2 Å². The lowest BCUT2D eigenvalue weighted by molar-refractivity contribution is 0.306. The predicted molar refractivity (Wildman–Crippen MR) is 83.8 cm³/mol. The van der Waals surface area contributed by atoms with E-state index in [-0.39, 0.29) is 0 Å². The highest BCUT2D eigenvalue weighted by Crippen LogP contribution is 2.27. The highest BCUT2D eigenvalue weighted by molar-refractivity contribution is 6.42. The van der Waals surface area contributed by atoms with E-state index in [0.717, 1.165) is 24.3 Å². The second-order valence-electron chi connectivity index (χ2n) is 4.30. The van der Waals surface area contributed by atoms with Crippen molar-refractivity contribution in [1.82, 2.24) is 4.98 Å². The molecule has 0 atom stereocenters. The average molecular weight is 311 g/mol. The molecule has 0 fully saturated rings. The zero-order valence-corrected chi connectivity index (χ0v) is 12.7. The molecule has 0 unspecified atom stereocenters. The molecule has 1 aromatic heterocycles. The van der Waals surface area contributed by atoms with Crippen molar-refractivity contribution >= 4 is 29.0 Å². The van der Waals surface area contributed by atoms with Crippen molar-refractivity contribution in [2.75, 3.05) is 11.9 Å². The van der Waals surface area contributed by atoms with Crippen LogP contribution in [0, 0.1) is 0 Å². The Kier molecular flexibility index (Phi) is 5.50. The Bertz CT molecular complexity index is 576. The number of rotatable bonds is 6. The number of nitrogens with zero attached hydrogens (tertiary/aromatic N) is 1. The van der Waals surface area contributed by atoms with Gasteiger partial charge in [0.25, 0.3) is 0 Å². The van der Waals surface area contributed by atoms with E-state index in [1.165, 1.54) is 0 Å². The molecule has 1 aromatic carbocycles. The van der Waals surface area contributed by atoms with Crippen LogP contribution >= 0.6 is 23.2 Å². The van der Waals surface area contributed by atoms with Gasteiger partial charge in [0.05, 0.1) is 10.0 Å². The molecule has 2 rings (SSSR count). The lowest BCUT2D eigenvalue weighted by atomic mass is 10.2. The fraction of sp³-hybridized carbons (Fsp3) is 0.267. The molecule has 0 amide bonds. The molecule has 2 aromatic rings. The van der Waals surface area contributed by atoms with Crippen molar-refractivity contribution in [2.45, 2.75) is 20.0 Å². The number of hydrogen-bond acceptors (Lipinski definition) is 3. The third-order valence-electron chi connectivity index (χ3n) is 2.72. The van der Waals surface area contributed by atoms with Gasteiger partial charge in [-0.25, -0.2) is 4.98 Å². The first-order valence-electron chi connectivity index (χ1n) is 6.46. The first kappa shape index (κ1) is 14.9. The van der Waals surface area contributed by atoms with Crippen LogP contribution in [0.3, 0.4) is 0 Å². The van der Waals surface area contributed by atoms with Crippen molar-refractivity contribution in [3.8, 4) is 5.75 Å². The van der Waals surface area contributed by atoms with Gasteiger partial charge in [-0.2, -0.15) is 0 Å². The molecule has 1 N–H and O–H groups in total. The van der Waals surface area contributed by atoms with Crippen LogP contribution in [-0.4, -0.2) is 11.5 Å². The van der Waals surface area contributed by atoms with Crippen LogP contribution in [0.15, 0.2) is 36.5 Å². The minimum absolute atomic E-state index is 0.428. The van der Waals surface area contributed by atoms with Crippen LogP contribution in [0.1, 0.15) is 18.9 Å². The molecule has 0 saturated heterocycles. The van der Waals surface area contributed by atoms with Crippen LogP contribution in [0.25, 0.3) is 0 Å². The summed E-state index contributed by atoms with van der Waals surface area (Å²) in [6.45, 7) is 3.43. The van der Waals surface area contributed by atoms with Crippen molar-refractivity contribution < 1.29 is 4.74 Å². The van der Waals surface area contributed by atoms with E-state index >= 15 is 0 Å². The maximum atomic E-state index is 5.96. The molecule has 0 aliphatic heterocycles. The third kappa shape index (κ3) is 4.02. The summed E-state index contributed by atoms with van der Waals surface area (Å²) in [5.74, 6) is 1.54. The van der Waals surface area contributed by atoms with Gasteiger partial charge in [-0.05, 0) is 24.6 Å². The number of anilines is 1. The molecule has 5 heteroatoms. The smallest absolute Gasteiger partial charge is 0.132 e. The van der Waals surface area contributed by atoms with Gasteiger partial charge in [0.15, 0.2) is 0 Å². The number of benzene rings is 1. The maximum absolute atomic E-state index is 5.96. The van der Waals surface area contributed by atoms with Crippen LogP contribution in [-0.2, 0) is 6.61 Å². The Balaban J connectivity index is 2.04. The predicted octanol–water partition coefficient (Wildman–Crippen LogP) is 4.79. The summed E-state index contributed by atoms with van der Waals surface area (Å²) in [5, 5.41) is 4.29. The molecule has 0 radical (unpaired) electrons. The van der Waals surface area contributed by atoms with Crippen molar-refractivity contribution in [3.63, 3.8) is 0 Å². The Morgan fingerprint density at radius 3 is 2.80 bits per heavy atom. The summed E-state index contributed by atoms with van der Waals surface area (Å²) in [5.41, 5.74) is 1.01. The Morgan fingerprint density at radius 1 is 1.20 bits per heavy atom. The maximum Gasteiger partial charge on any atom is 0.132 e. The van der Waals surface area contributed by atoms with Gasteiger partial charge in [-0.3, -0.25) is 0 Å². The Hall–Kier alpha value is -1.45. The molecule has 106 valence electrons. The fourth-order valence-electron chi connectivity index (χ4n) is 1.69. The zero-order valence-electron chi connectivity index (χ0n) is 11.2. The highest BCUT2D eigenvalue weighted by Gasteiger charge is 2.05. The number of hydrogen-bond donors (Lipinski definition) is 1. The minimum atomic E-state index is 0.428. The largest absolute Gasteiger partial charge is 0.489 e. The van der Waals surface area contributed by atoms with Gasteiger partial charge < -0.3 is 10.1 Å². The summed E-state index contributed by atoms with van der Waals surface area (Å²) in [6.07, 6.45) is 2.81. The second-order valence-corrected chi connectivity index (χ2v) is 5.12. The monoisotopic (exact) mass is 310 g/mol. The van der Waals surface area contributed by atoms with Crippen LogP contribution in [0.5, 0.6) is 5.75 Å². The van der Waals surface area contributed by atoms with Crippen LogP contribution in [0.2, 0.25) is 10.0 Å². The van der Waals surface area contributed by atoms with E-state index in [9.17, 15) is 0 Å². The standard InChI is InChI=1S/C15H16Cl2N2O/c1-2-7-18-15-11(4-3-8-19-15)10-20-12-5-6-13(16)14(17)9-12/h3-6,8-9H,2,7,10H2,1H3,(H,18,19). The van der Waals surface area contributed by atoms with E-state index < -0.39 is 0 Å². The number of halogens is 2. The van der Waals surface area contributed by atoms with E-state index in [1.807, 2.05) is 12.1 Å². The average Bonchev–Trinajstić information content (AvgIpc) is 2.47. The molecule has 0 spiro atoms. The number of ether oxygens (including phenoxy) is 1. The summed E-state index contributed by atoms with van der Waals surface area (Å²) >= 11 is 11.8. The lowest BCUT2D eigenvalue weighted by Crippen LogP contribution is -2.07. The van der Waals surface area contributed by atoms with E-state index in [2.05, 4.69) is 17.2 Å². The normalized spacial score (nSPS) is 10.3. The molecular formula is C15H16Cl2N2O. The van der Waals surface area contributed by atoms with Crippen molar-refractivity contribution in [1.29, 1.82) is 0 Å². The van der Waals surface area contributed by atoms with Crippen molar-refractivity contribution in [3.05, 3.63) is 52.1 Å². The molecule has 3 nitrogen and oxygen atoms in total. The number of pyridine rings is 1. The molecule has 20 heavy (non-hydrogen) atoms. The lowest BCUT2D eigenvalue weighted by Gasteiger charge is -2.11. The first-order valence-corrected chi connectivity index (χ1v) is 7.22. The number of nitrogens with one attached hydrogen (secondary N) is 1. The Labute approximate surface area is 128 Å². The van der Waals surface area contributed by atoms with Gasteiger partial charge >= 0.3 is 0 Å². The SMILES string of the molecule is CCCNc1ncccc1COc1ccc(Cl)c(Cl)c1. The summed E-state index contributed by atoms with van der Waals surface area (Å²) in [6, 6.07) is 9.11. The van der Waals surface area contributed by atoms with Gasteiger partial charge in [0, 0.05) is 24.4 Å². The van der Waals surface area contributed by atoms with Crippen LogP contribution < -0.4 is 10.1 Å².